The van der Waals surface area contributed by atoms with Crippen LogP contribution in [0, 0.1) is 5.82 Å². The Bertz CT molecular complexity index is 974. The first-order valence-electron chi connectivity index (χ1n) is 12.0. The maximum absolute atomic E-state index is 14.0. The largest absolute Gasteiger partial charge is 0.463 e. The van der Waals surface area contributed by atoms with Gasteiger partial charge in [0.05, 0.1) is 18.2 Å². The summed E-state index contributed by atoms with van der Waals surface area (Å²) in [7, 11) is 0. The van der Waals surface area contributed by atoms with Gasteiger partial charge >= 0.3 is 18.0 Å². The number of rotatable bonds is 9. The first kappa shape index (κ1) is 26.2. The van der Waals surface area contributed by atoms with Gasteiger partial charge in [-0.05, 0) is 31.0 Å². The van der Waals surface area contributed by atoms with Crippen LogP contribution in [-0.2, 0) is 9.53 Å². The molecular weight excluding hydrogens is 453 g/mol. The highest BCUT2D eigenvalue weighted by atomic mass is 19.1. The maximum atomic E-state index is 14.0. The molecule has 2 aliphatic heterocycles. The molecule has 10 heteroatoms. The van der Waals surface area contributed by atoms with E-state index in [0.29, 0.717) is 50.5 Å². The van der Waals surface area contributed by atoms with Crippen molar-refractivity contribution in [3.63, 3.8) is 0 Å². The lowest BCUT2D eigenvalue weighted by Gasteiger charge is -2.40. The minimum Gasteiger partial charge on any atom is -0.463 e. The number of ether oxygens (including phenoxy) is 1. The highest BCUT2D eigenvalue weighted by molar-refractivity contribution is 5.95. The second-order valence-corrected chi connectivity index (χ2v) is 8.41. The number of urea groups is 2. The van der Waals surface area contributed by atoms with Crippen LogP contribution >= 0.6 is 0 Å². The zero-order valence-electron chi connectivity index (χ0n) is 20.4. The van der Waals surface area contributed by atoms with Crippen molar-refractivity contribution < 1.29 is 23.5 Å². The molecule has 1 saturated heterocycles. The first-order valence-corrected chi connectivity index (χ1v) is 12.0. The van der Waals surface area contributed by atoms with Gasteiger partial charge in [0.2, 0.25) is 0 Å². The average Bonchev–Trinajstić information content (AvgIpc) is 2.85. The number of amides is 4. The zero-order valence-corrected chi connectivity index (χ0v) is 20.4. The predicted molar refractivity (Wildman–Crippen MR) is 130 cm³/mol. The van der Waals surface area contributed by atoms with E-state index in [1.165, 1.54) is 23.1 Å². The van der Waals surface area contributed by atoms with Crippen molar-refractivity contribution in [2.45, 2.75) is 26.3 Å². The summed E-state index contributed by atoms with van der Waals surface area (Å²) >= 11 is 0. The Labute approximate surface area is 205 Å². The Morgan fingerprint density at radius 1 is 1.26 bits per heavy atom. The number of halogens is 1. The molecule has 4 amide bonds. The monoisotopic (exact) mass is 487 g/mol. The predicted octanol–water partition coefficient (Wildman–Crippen LogP) is 2.63. The van der Waals surface area contributed by atoms with E-state index in [-0.39, 0.29) is 24.8 Å². The molecule has 2 N–H and O–H groups in total. The van der Waals surface area contributed by atoms with E-state index in [4.69, 9.17) is 4.74 Å². The lowest BCUT2D eigenvalue weighted by molar-refractivity contribution is -0.139. The maximum Gasteiger partial charge on any atom is 0.338 e. The number of hydrogen-bond acceptors (Lipinski definition) is 5. The SMILES string of the molecule is C=CCN1C(=O)N[C@H](c2cccc(F)c2)C(C(=O)OCC)=C1CN1CCN(C(=O)NCCC)CC1. The van der Waals surface area contributed by atoms with Crippen LogP contribution in [-0.4, -0.2) is 85.2 Å². The van der Waals surface area contributed by atoms with Crippen LogP contribution in [0.4, 0.5) is 14.0 Å². The van der Waals surface area contributed by atoms with Crippen LogP contribution in [0.15, 0.2) is 48.2 Å². The standard InChI is InChI=1S/C25H34FN5O4/c1-4-10-27-24(33)30-14-12-29(13-15-30)17-20-21(23(32)35-6-3)22(18-8-7-9-19(26)16-18)28-25(34)31(20)11-5-2/h5,7-9,16,22H,2,4,6,10-15,17H2,1,3H3,(H,27,33)(H,28,34)/t22-/m1/s1. The number of carbonyl (C=O) groups is 3. The Kier molecular flexibility index (Phi) is 9.25. The van der Waals surface area contributed by atoms with Gasteiger partial charge in [-0.15, -0.1) is 6.58 Å². The quantitative estimate of drug-likeness (QED) is 0.413. The Morgan fingerprint density at radius 2 is 2.00 bits per heavy atom. The van der Waals surface area contributed by atoms with Crippen molar-refractivity contribution in [2.75, 3.05) is 52.4 Å². The second-order valence-electron chi connectivity index (χ2n) is 8.41. The molecule has 0 radical (unpaired) electrons. The molecule has 0 aliphatic carbocycles. The molecule has 2 heterocycles. The molecule has 35 heavy (non-hydrogen) atoms. The average molecular weight is 488 g/mol. The van der Waals surface area contributed by atoms with Crippen LogP contribution in [0.25, 0.3) is 0 Å². The molecule has 1 atom stereocenters. The molecule has 190 valence electrons. The molecule has 1 fully saturated rings. The fourth-order valence-electron chi connectivity index (χ4n) is 4.25. The Hall–Kier alpha value is -3.40. The van der Waals surface area contributed by atoms with Crippen molar-refractivity contribution >= 4 is 18.0 Å². The van der Waals surface area contributed by atoms with Gasteiger partial charge in [0.15, 0.2) is 0 Å². The van der Waals surface area contributed by atoms with Crippen molar-refractivity contribution in [3.05, 3.63) is 59.6 Å². The number of benzene rings is 1. The van der Waals surface area contributed by atoms with Gasteiger partial charge in [-0.2, -0.15) is 0 Å². The molecule has 0 spiro atoms. The molecule has 0 saturated carbocycles. The zero-order chi connectivity index (χ0) is 25.4. The normalized spacial score (nSPS) is 18.8. The minimum absolute atomic E-state index is 0.0885. The third kappa shape index (κ3) is 6.39. The van der Waals surface area contributed by atoms with Gasteiger partial charge in [0.1, 0.15) is 5.82 Å². The van der Waals surface area contributed by atoms with E-state index in [2.05, 4.69) is 22.1 Å². The fourth-order valence-corrected chi connectivity index (χ4v) is 4.25. The first-order chi connectivity index (χ1) is 16.9. The molecule has 0 bridgehead atoms. The molecule has 0 aromatic heterocycles. The number of nitrogens with zero attached hydrogens (tertiary/aromatic N) is 3. The highest BCUT2D eigenvalue weighted by Crippen LogP contribution is 2.32. The van der Waals surface area contributed by atoms with Gasteiger partial charge in [0.25, 0.3) is 0 Å². The van der Waals surface area contributed by atoms with Gasteiger partial charge in [-0.1, -0.05) is 25.1 Å². The van der Waals surface area contributed by atoms with Crippen LogP contribution in [0.1, 0.15) is 31.9 Å². The minimum atomic E-state index is -0.852. The lowest BCUT2D eigenvalue weighted by Crippen LogP contribution is -2.55. The number of hydrogen-bond donors (Lipinski definition) is 2. The Morgan fingerprint density at radius 3 is 2.63 bits per heavy atom. The van der Waals surface area contributed by atoms with E-state index < -0.39 is 23.9 Å². The summed E-state index contributed by atoms with van der Waals surface area (Å²) in [6.45, 7) is 10.9. The highest BCUT2D eigenvalue weighted by Gasteiger charge is 2.39. The smallest absolute Gasteiger partial charge is 0.338 e. The van der Waals surface area contributed by atoms with E-state index in [1.54, 1.807) is 24.0 Å². The molecule has 1 aromatic carbocycles. The number of carbonyl (C=O) groups excluding carboxylic acids is 3. The molecular formula is C25H34FN5O4. The summed E-state index contributed by atoms with van der Waals surface area (Å²) in [6.07, 6.45) is 2.45. The van der Waals surface area contributed by atoms with Crippen LogP contribution < -0.4 is 10.6 Å². The number of piperazine rings is 1. The molecule has 2 aliphatic rings. The summed E-state index contributed by atoms with van der Waals surface area (Å²) in [5.74, 6) is -1.03. The summed E-state index contributed by atoms with van der Waals surface area (Å²) in [5, 5.41) is 5.71. The van der Waals surface area contributed by atoms with Crippen LogP contribution in [0.2, 0.25) is 0 Å². The summed E-state index contributed by atoms with van der Waals surface area (Å²) in [5.41, 5.74) is 1.21. The van der Waals surface area contributed by atoms with Crippen molar-refractivity contribution in [1.29, 1.82) is 0 Å². The summed E-state index contributed by atoms with van der Waals surface area (Å²) in [6, 6.07) is 4.48. The fraction of sp³-hybridized carbons (Fsp3) is 0.480. The van der Waals surface area contributed by atoms with Gasteiger partial charge in [-0.25, -0.2) is 18.8 Å². The van der Waals surface area contributed by atoms with Crippen LogP contribution in [0.3, 0.4) is 0 Å². The Balaban J connectivity index is 1.92. The van der Waals surface area contributed by atoms with E-state index >= 15 is 0 Å². The van der Waals surface area contributed by atoms with Crippen molar-refractivity contribution in [1.82, 2.24) is 25.3 Å². The number of nitrogens with one attached hydrogen (secondary N) is 2. The third-order valence-corrected chi connectivity index (χ3v) is 5.99. The third-order valence-electron chi connectivity index (χ3n) is 5.99. The molecule has 9 nitrogen and oxygen atoms in total. The summed E-state index contributed by atoms with van der Waals surface area (Å²) in [4.78, 5) is 43.9. The molecule has 1 aromatic rings. The summed E-state index contributed by atoms with van der Waals surface area (Å²) < 4.78 is 19.4. The number of esters is 1. The van der Waals surface area contributed by atoms with E-state index in [1.807, 2.05) is 6.92 Å². The van der Waals surface area contributed by atoms with E-state index in [0.717, 1.165) is 6.42 Å². The van der Waals surface area contributed by atoms with Gasteiger partial charge < -0.3 is 20.3 Å². The molecule has 3 rings (SSSR count). The lowest BCUT2D eigenvalue weighted by atomic mass is 9.94. The molecule has 0 unspecified atom stereocenters. The van der Waals surface area contributed by atoms with Crippen LogP contribution in [0.5, 0.6) is 0 Å². The van der Waals surface area contributed by atoms with Gasteiger partial charge in [-0.3, -0.25) is 9.80 Å². The van der Waals surface area contributed by atoms with Crippen molar-refractivity contribution in [3.8, 4) is 0 Å². The van der Waals surface area contributed by atoms with Gasteiger partial charge in [0, 0.05) is 51.5 Å². The topological polar surface area (TPSA) is 94.2 Å². The van der Waals surface area contributed by atoms with Crippen molar-refractivity contribution in [2.24, 2.45) is 0 Å². The second kappa shape index (κ2) is 12.3. The van der Waals surface area contributed by atoms with E-state index in [9.17, 15) is 18.8 Å².